The van der Waals surface area contributed by atoms with Gasteiger partial charge < -0.3 is 29.7 Å². The van der Waals surface area contributed by atoms with Crippen LogP contribution in [0.15, 0.2) is 30.9 Å². The van der Waals surface area contributed by atoms with Crippen LogP contribution in [0.25, 0.3) is 22.6 Å². The first-order valence-electron chi connectivity index (χ1n) is 13.8. The van der Waals surface area contributed by atoms with E-state index in [-0.39, 0.29) is 30.0 Å². The fourth-order valence-corrected chi connectivity index (χ4v) is 5.67. The van der Waals surface area contributed by atoms with Gasteiger partial charge in [0.25, 0.3) is 0 Å². The minimum absolute atomic E-state index is 0.00941. The number of fused-ring (bicyclic) bond motifs is 1. The van der Waals surface area contributed by atoms with Crippen molar-refractivity contribution in [3.63, 3.8) is 0 Å². The molecular weight excluding hydrogens is 512 g/mol. The van der Waals surface area contributed by atoms with Crippen molar-refractivity contribution in [3.8, 4) is 11.4 Å². The Balaban J connectivity index is 1.36. The summed E-state index contributed by atoms with van der Waals surface area (Å²) in [7, 11) is 3.91. The van der Waals surface area contributed by atoms with Crippen molar-refractivity contribution in [2.75, 3.05) is 45.6 Å². The standard InChI is InChI=1S/C27H38N10O3/c1-17(2)37-16-28-23-25(32-24(33-26(23)37)19-13-29-30-14-19)31-20-8-11-36(27(39)40)21(12-20)18-7-10-35(15-18)22(38)6-5-9-34(3)4/h5-6,13-14,16-18,20-21H,7-12,15H2,1-4H3,(H,29,30)(H,39,40)(H,31,32,33)/b6-5+. The van der Waals surface area contributed by atoms with Gasteiger partial charge in [0.2, 0.25) is 5.91 Å². The van der Waals surface area contributed by atoms with Gasteiger partial charge in [-0.15, -0.1) is 0 Å². The highest BCUT2D eigenvalue weighted by atomic mass is 16.4. The van der Waals surface area contributed by atoms with Crippen LogP contribution in [-0.2, 0) is 4.79 Å². The molecule has 0 aromatic carbocycles. The van der Waals surface area contributed by atoms with E-state index in [0.717, 1.165) is 17.6 Å². The van der Waals surface area contributed by atoms with Gasteiger partial charge in [-0.1, -0.05) is 6.08 Å². The Labute approximate surface area is 233 Å². The minimum Gasteiger partial charge on any atom is -0.465 e. The number of carbonyl (C=O) groups is 2. The summed E-state index contributed by atoms with van der Waals surface area (Å²) >= 11 is 0. The Bertz CT molecular complexity index is 1370. The van der Waals surface area contributed by atoms with Crippen LogP contribution in [0.2, 0.25) is 0 Å². The molecule has 3 aromatic heterocycles. The summed E-state index contributed by atoms with van der Waals surface area (Å²) in [6.45, 7) is 6.44. The van der Waals surface area contributed by atoms with E-state index in [9.17, 15) is 14.7 Å². The third-order valence-corrected chi connectivity index (χ3v) is 7.78. The number of carboxylic acid groups (broad SMARTS) is 1. The fraction of sp³-hybridized carbons (Fsp3) is 0.556. The van der Waals surface area contributed by atoms with Crippen LogP contribution in [0.5, 0.6) is 0 Å². The number of amides is 2. The van der Waals surface area contributed by atoms with Gasteiger partial charge in [-0.25, -0.2) is 19.7 Å². The maximum atomic E-state index is 12.7. The van der Waals surface area contributed by atoms with Crippen LogP contribution in [-0.4, -0.2) is 114 Å². The van der Waals surface area contributed by atoms with E-state index in [1.54, 1.807) is 29.7 Å². The summed E-state index contributed by atoms with van der Waals surface area (Å²) in [4.78, 5) is 44.5. The largest absolute Gasteiger partial charge is 0.465 e. The molecule has 3 atom stereocenters. The molecule has 13 heteroatoms. The van der Waals surface area contributed by atoms with Crippen LogP contribution in [0.1, 0.15) is 39.2 Å². The molecular formula is C27H38N10O3. The number of nitrogens with one attached hydrogen (secondary N) is 2. The first-order valence-corrected chi connectivity index (χ1v) is 13.8. The topological polar surface area (TPSA) is 148 Å². The van der Waals surface area contributed by atoms with Gasteiger partial charge in [0.05, 0.1) is 18.1 Å². The molecule has 2 amide bonds. The number of anilines is 1. The highest BCUT2D eigenvalue weighted by molar-refractivity contribution is 5.88. The summed E-state index contributed by atoms with van der Waals surface area (Å²) in [5.41, 5.74) is 2.19. The van der Waals surface area contributed by atoms with E-state index in [1.807, 2.05) is 34.5 Å². The Morgan fingerprint density at radius 3 is 2.77 bits per heavy atom. The number of piperidine rings is 1. The van der Waals surface area contributed by atoms with Crippen LogP contribution >= 0.6 is 0 Å². The molecule has 3 unspecified atom stereocenters. The number of aromatic amines is 1. The van der Waals surface area contributed by atoms with Crippen molar-refractivity contribution in [2.24, 2.45) is 5.92 Å². The van der Waals surface area contributed by atoms with E-state index >= 15 is 0 Å². The molecule has 2 fully saturated rings. The smallest absolute Gasteiger partial charge is 0.407 e. The molecule has 3 aromatic rings. The summed E-state index contributed by atoms with van der Waals surface area (Å²) in [5.74, 6) is 1.21. The van der Waals surface area contributed by atoms with Crippen LogP contribution in [0, 0.1) is 5.92 Å². The second-order valence-electron chi connectivity index (χ2n) is 11.2. The Kier molecular flexibility index (Phi) is 8.01. The number of imidazole rings is 1. The van der Waals surface area contributed by atoms with Gasteiger partial charge in [-0.2, -0.15) is 5.10 Å². The Morgan fingerprint density at radius 2 is 2.08 bits per heavy atom. The normalized spacial score (nSPS) is 21.8. The third-order valence-electron chi connectivity index (χ3n) is 7.78. The highest BCUT2D eigenvalue weighted by Gasteiger charge is 2.40. The lowest BCUT2D eigenvalue weighted by Crippen LogP contribution is -2.52. The van der Waals surface area contributed by atoms with E-state index in [4.69, 9.17) is 9.97 Å². The highest BCUT2D eigenvalue weighted by Crippen LogP contribution is 2.33. The zero-order valence-electron chi connectivity index (χ0n) is 23.5. The number of H-pyrrole nitrogens is 1. The molecule has 0 spiro atoms. The maximum absolute atomic E-state index is 12.7. The minimum atomic E-state index is -0.915. The van der Waals surface area contributed by atoms with Crippen molar-refractivity contribution in [3.05, 3.63) is 30.9 Å². The number of aromatic nitrogens is 6. The van der Waals surface area contributed by atoms with Crippen molar-refractivity contribution in [1.82, 2.24) is 44.4 Å². The van der Waals surface area contributed by atoms with Crippen LogP contribution in [0.4, 0.5) is 10.6 Å². The molecule has 13 nitrogen and oxygen atoms in total. The van der Waals surface area contributed by atoms with Crippen LogP contribution in [0.3, 0.4) is 0 Å². The monoisotopic (exact) mass is 550 g/mol. The van der Waals surface area contributed by atoms with Crippen molar-refractivity contribution < 1.29 is 14.7 Å². The Hall–Kier alpha value is -4.00. The lowest BCUT2D eigenvalue weighted by molar-refractivity contribution is -0.125. The number of rotatable bonds is 8. The van der Waals surface area contributed by atoms with Crippen LogP contribution < -0.4 is 5.32 Å². The number of likely N-dealkylation sites (tertiary alicyclic amines) is 2. The molecule has 2 saturated heterocycles. The molecule has 5 heterocycles. The predicted octanol–water partition coefficient (Wildman–Crippen LogP) is 2.69. The SMILES string of the molecule is CC(C)n1cnc2c(NC3CCN(C(=O)O)C(C4CCN(C(=O)/C=C/CN(C)C)C4)C3)nc(-c3cn[nH]c3)nc21. The van der Waals surface area contributed by atoms with Gasteiger partial charge in [0.15, 0.2) is 17.3 Å². The van der Waals surface area contributed by atoms with Crippen molar-refractivity contribution in [1.29, 1.82) is 0 Å². The maximum Gasteiger partial charge on any atom is 0.407 e. The van der Waals surface area contributed by atoms with E-state index in [0.29, 0.717) is 56.2 Å². The Morgan fingerprint density at radius 1 is 1.25 bits per heavy atom. The third kappa shape index (κ3) is 5.79. The van der Waals surface area contributed by atoms with E-state index < -0.39 is 6.09 Å². The molecule has 0 radical (unpaired) electrons. The first kappa shape index (κ1) is 27.6. The molecule has 214 valence electrons. The zero-order chi connectivity index (χ0) is 28.4. The zero-order valence-corrected chi connectivity index (χ0v) is 23.5. The van der Waals surface area contributed by atoms with Gasteiger partial charge in [-0.3, -0.25) is 9.89 Å². The van der Waals surface area contributed by atoms with E-state index in [2.05, 4.69) is 34.3 Å². The molecule has 0 bridgehead atoms. The lowest BCUT2D eigenvalue weighted by atomic mass is 9.87. The molecule has 0 aliphatic carbocycles. The number of hydrogen-bond donors (Lipinski definition) is 3. The number of hydrogen-bond acceptors (Lipinski definition) is 8. The quantitative estimate of drug-likeness (QED) is 0.360. The average molecular weight is 551 g/mol. The first-order chi connectivity index (χ1) is 19.2. The molecule has 3 N–H and O–H groups in total. The average Bonchev–Trinajstić information content (AvgIpc) is 3.69. The lowest BCUT2D eigenvalue weighted by Gasteiger charge is -2.41. The van der Waals surface area contributed by atoms with Gasteiger partial charge >= 0.3 is 6.09 Å². The van der Waals surface area contributed by atoms with Gasteiger partial charge in [-0.05, 0) is 53.1 Å². The van der Waals surface area contributed by atoms with Gasteiger partial charge in [0, 0.05) is 56.6 Å². The number of carbonyl (C=O) groups excluding carboxylic acids is 1. The fourth-order valence-electron chi connectivity index (χ4n) is 5.67. The van der Waals surface area contributed by atoms with Crippen molar-refractivity contribution >= 4 is 29.0 Å². The van der Waals surface area contributed by atoms with Crippen molar-refractivity contribution in [2.45, 2.75) is 51.2 Å². The molecule has 0 saturated carbocycles. The summed E-state index contributed by atoms with van der Waals surface area (Å²) in [6.07, 6.45) is 9.82. The molecule has 2 aliphatic heterocycles. The predicted molar refractivity (Wildman–Crippen MR) is 151 cm³/mol. The summed E-state index contributed by atoms with van der Waals surface area (Å²) < 4.78 is 2.01. The second kappa shape index (κ2) is 11.6. The number of nitrogens with zero attached hydrogens (tertiary/aromatic N) is 8. The van der Waals surface area contributed by atoms with E-state index in [1.165, 1.54) is 0 Å². The van der Waals surface area contributed by atoms with Gasteiger partial charge in [0.1, 0.15) is 5.52 Å². The summed E-state index contributed by atoms with van der Waals surface area (Å²) in [6, 6.07) is -0.0464. The number of likely N-dealkylation sites (N-methyl/N-ethyl adjacent to an activating group) is 1. The summed E-state index contributed by atoms with van der Waals surface area (Å²) in [5, 5.41) is 20.5. The molecule has 40 heavy (non-hydrogen) atoms. The second-order valence-corrected chi connectivity index (χ2v) is 11.2. The molecule has 2 aliphatic rings. The molecule has 5 rings (SSSR count).